The maximum atomic E-state index is 4.39. The number of pyridine rings is 2. The largest absolute Gasteiger partial charge is 0.366 e. The molecule has 0 fully saturated rings. The van der Waals surface area contributed by atoms with E-state index in [1.165, 1.54) is 26.1 Å². The van der Waals surface area contributed by atoms with E-state index in [0.29, 0.717) is 0 Å². The number of fused-ring (bicyclic) bond motifs is 2. The Bertz CT molecular complexity index is 756. The lowest BCUT2D eigenvalue weighted by Gasteiger charge is -2.17. The maximum Gasteiger partial charge on any atom is 0.134 e. The predicted molar refractivity (Wildman–Crippen MR) is 79.4 cm³/mol. The molecule has 0 atom stereocenters. The van der Waals surface area contributed by atoms with E-state index in [2.05, 4.69) is 39.6 Å². The first-order valence-electron chi connectivity index (χ1n) is 6.15. The van der Waals surface area contributed by atoms with Crippen LogP contribution in [0.2, 0.25) is 0 Å². The van der Waals surface area contributed by atoms with Gasteiger partial charge in [-0.2, -0.15) is 0 Å². The lowest BCUT2D eigenvalue weighted by atomic mass is 10.0. The zero-order valence-corrected chi connectivity index (χ0v) is 10.9. The minimum Gasteiger partial charge on any atom is -0.366 e. The van der Waals surface area contributed by atoms with Gasteiger partial charge in [0.25, 0.3) is 0 Å². The van der Waals surface area contributed by atoms with Gasteiger partial charge in [-0.3, -0.25) is 4.98 Å². The van der Waals surface area contributed by atoms with Gasteiger partial charge in [0.2, 0.25) is 0 Å². The van der Waals surface area contributed by atoms with E-state index in [-0.39, 0.29) is 0 Å². The van der Waals surface area contributed by atoms with Gasteiger partial charge in [-0.1, -0.05) is 6.08 Å². The molecule has 0 unspecified atom stereocenters. The average Bonchev–Trinajstić information content (AvgIpc) is 2.90. The van der Waals surface area contributed by atoms with E-state index in [9.17, 15) is 0 Å². The number of hydrogen-bond acceptors (Lipinski definition) is 4. The molecule has 4 heteroatoms. The lowest BCUT2D eigenvalue weighted by molar-refractivity contribution is 1.19. The standard InChI is InChI=1S/C15H11N3S/c1-2-12-11(4-7-18-15(12)17-5-1)13-8-10-3-6-16-9-14(10)19-13/h1-6,8-9H,7H2,(H,17,18). The molecular weight excluding hydrogens is 254 g/mol. The third kappa shape index (κ3) is 1.72. The Morgan fingerprint density at radius 3 is 3.16 bits per heavy atom. The van der Waals surface area contributed by atoms with Crippen molar-refractivity contribution in [2.75, 3.05) is 11.9 Å². The fourth-order valence-electron chi connectivity index (χ4n) is 2.37. The van der Waals surface area contributed by atoms with Crippen LogP contribution in [0.1, 0.15) is 10.4 Å². The zero-order chi connectivity index (χ0) is 12.7. The van der Waals surface area contributed by atoms with Crippen LogP contribution in [0.4, 0.5) is 5.82 Å². The smallest absolute Gasteiger partial charge is 0.134 e. The number of nitrogens with one attached hydrogen (secondary N) is 1. The summed E-state index contributed by atoms with van der Waals surface area (Å²) in [7, 11) is 0. The number of anilines is 1. The quantitative estimate of drug-likeness (QED) is 0.731. The molecule has 3 aromatic rings. The first-order valence-corrected chi connectivity index (χ1v) is 6.97. The van der Waals surface area contributed by atoms with Crippen molar-refractivity contribution < 1.29 is 0 Å². The summed E-state index contributed by atoms with van der Waals surface area (Å²) in [6.07, 6.45) is 7.81. The second kappa shape index (κ2) is 4.17. The first kappa shape index (κ1) is 10.7. The highest BCUT2D eigenvalue weighted by Gasteiger charge is 2.16. The molecule has 0 aliphatic carbocycles. The lowest BCUT2D eigenvalue weighted by Crippen LogP contribution is -2.09. The van der Waals surface area contributed by atoms with Crippen LogP contribution >= 0.6 is 11.3 Å². The van der Waals surface area contributed by atoms with Gasteiger partial charge in [-0.05, 0) is 29.7 Å². The van der Waals surface area contributed by atoms with Crippen LogP contribution in [-0.4, -0.2) is 16.5 Å². The molecule has 1 aliphatic heterocycles. The molecule has 0 saturated heterocycles. The Morgan fingerprint density at radius 2 is 2.21 bits per heavy atom. The molecular formula is C15H11N3S. The number of rotatable bonds is 1. The van der Waals surface area contributed by atoms with E-state index in [1.807, 2.05) is 24.7 Å². The van der Waals surface area contributed by atoms with Crippen molar-refractivity contribution in [1.82, 2.24) is 9.97 Å². The number of hydrogen-bond donors (Lipinski definition) is 1. The van der Waals surface area contributed by atoms with Crippen LogP contribution in [0.5, 0.6) is 0 Å². The number of aromatic nitrogens is 2. The highest BCUT2D eigenvalue weighted by atomic mass is 32.1. The second-order valence-electron chi connectivity index (χ2n) is 4.42. The Kier molecular flexibility index (Phi) is 2.35. The van der Waals surface area contributed by atoms with E-state index < -0.39 is 0 Å². The third-order valence-corrected chi connectivity index (χ3v) is 4.38. The highest BCUT2D eigenvalue weighted by Crippen LogP contribution is 2.36. The molecule has 19 heavy (non-hydrogen) atoms. The SMILES string of the molecule is C1=C(c2cc3ccncc3s2)c2cccnc2NC1. The molecule has 92 valence electrons. The van der Waals surface area contributed by atoms with Crippen LogP contribution in [0.3, 0.4) is 0 Å². The second-order valence-corrected chi connectivity index (χ2v) is 5.51. The summed E-state index contributed by atoms with van der Waals surface area (Å²) in [4.78, 5) is 9.85. The number of nitrogens with zero attached hydrogens (tertiary/aromatic N) is 2. The predicted octanol–water partition coefficient (Wildman–Crippen LogP) is 3.55. The average molecular weight is 265 g/mol. The van der Waals surface area contributed by atoms with Gasteiger partial charge in [-0.15, -0.1) is 11.3 Å². The van der Waals surface area contributed by atoms with Gasteiger partial charge in [0, 0.05) is 41.1 Å². The fraction of sp³-hybridized carbons (Fsp3) is 0.0667. The molecule has 0 saturated carbocycles. The minimum absolute atomic E-state index is 0.825. The summed E-state index contributed by atoms with van der Waals surface area (Å²) < 4.78 is 1.22. The van der Waals surface area contributed by atoms with E-state index in [4.69, 9.17) is 0 Å². The van der Waals surface area contributed by atoms with Gasteiger partial charge >= 0.3 is 0 Å². The van der Waals surface area contributed by atoms with Crippen molar-refractivity contribution in [3.63, 3.8) is 0 Å². The summed E-state index contributed by atoms with van der Waals surface area (Å²) >= 11 is 1.78. The molecule has 3 nitrogen and oxygen atoms in total. The Labute approximate surface area is 114 Å². The van der Waals surface area contributed by atoms with Crippen molar-refractivity contribution in [3.05, 3.63) is 59.4 Å². The summed E-state index contributed by atoms with van der Waals surface area (Å²) in [5.41, 5.74) is 2.44. The summed E-state index contributed by atoms with van der Waals surface area (Å²) in [6, 6.07) is 8.38. The van der Waals surface area contributed by atoms with Crippen LogP contribution in [0.25, 0.3) is 15.7 Å². The molecule has 0 spiro atoms. The van der Waals surface area contributed by atoms with Crippen molar-refractivity contribution >= 4 is 32.8 Å². The maximum absolute atomic E-state index is 4.39. The molecule has 0 radical (unpaired) electrons. The van der Waals surface area contributed by atoms with Crippen molar-refractivity contribution in [2.24, 2.45) is 0 Å². The Morgan fingerprint density at radius 1 is 1.21 bits per heavy atom. The zero-order valence-electron chi connectivity index (χ0n) is 10.1. The molecule has 3 aromatic heterocycles. The highest BCUT2D eigenvalue weighted by molar-refractivity contribution is 7.20. The van der Waals surface area contributed by atoms with Gasteiger partial charge in [0.1, 0.15) is 5.82 Å². The van der Waals surface area contributed by atoms with Crippen molar-refractivity contribution in [2.45, 2.75) is 0 Å². The molecule has 4 rings (SSSR count). The van der Waals surface area contributed by atoms with E-state index in [0.717, 1.165) is 12.4 Å². The topological polar surface area (TPSA) is 37.8 Å². The van der Waals surface area contributed by atoms with Crippen LogP contribution < -0.4 is 5.32 Å². The first-order chi connectivity index (χ1) is 9.42. The summed E-state index contributed by atoms with van der Waals surface area (Å²) in [6.45, 7) is 0.825. The van der Waals surface area contributed by atoms with Gasteiger partial charge in [-0.25, -0.2) is 4.98 Å². The van der Waals surface area contributed by atoms with E-state index >= 15 is 0 Å². The summed E-state index contributed by atoms with van der Waals surface area (Å²) in [5.74, 6) is 0.968. The van der Waals surface area contributed by atoms with Crippen LogP contribution in [0.15, 0.2) is 48.9 Å². The summed E-state index contributed by atoms with van der Waals surface area (Å²) in [5, 5.41) is 4.55. The molecule has 0 bridgehead atoms. The Hall–Kier alpha value is -2.20. The van der Waals surface area contributed by atoms with Crippen molar-refractivity contribution in [1.29, 1.82) is 0 Å². The van der Waals surface area contributed by atoms with Gasteiger partial charge < -0.3 is 5.32 Å². The molecule has 1 N–H and O–H groups in total. The Balaban J connectivity index is 1.90. The van der Waals surface area contributed by atoms with E-state index in [1.54, 1.807) is 11.3 Å². The normalized spacial score (nSPS) is 13.8. The monoisotopic (exact) mass is 265 g/mol. The van der Waals surface area contributed by atoms with Crippen molar-refractivity contribution in [3.8, 4) is 0 Å². The van der Waals surface area contributed by atoms with Crippen LogP contribution in [0, 0.1) is 0 Å². The molecule has 0 aromatic carbocycles. The van der Waals surface area contributed by atoms with Crippen LogP contribution in [-0.2, 0) is 0 Å². The molecule has 1 aliphatic rings. The third-order valence-electron chi connectivity index (χ3n) is 3.26. The van der Waals surface area contributed by atoms with Gasteiger partial charge in [0.15, 0.2) is 0 Å². The minimum atomic E-state index is 0.825. The number of thiophene rings is 1. The fourth-order valence-corrected chi connectivity index (χ4v) is 3.46. The molecule has 4 heterocycles. The van der Waals surface area contributed by atoms with Gasteiger partial charge in [0.05, 0.1) is 4.70 Å². The molecule has 0 amide bonds.